The number of rotatable bonds is 4. The molecule has 0 atom stereocenters. The lowest BCUT2D eigenvalue weighted by Crippen LogP contribution is -2.26. The van der Waals surface area contributed by atoms with Crippen molar-refractivity contribution in [2.75, 3.05) is 4.90 Å². The van der Waals surface area contributed by atoms with Gasteiger partial charge in [0.25, 0.3) is 0 Å². The molecule has 314 valence electrons. The Hall–Kier alpha value is -7.98. The summed E-state index contributed by atoms with van der Waals surface area (Å²) >= 11 is 1.91. The fourth-order valence-corrected chi connectivity index (χ4v) is 14.1. The van der Waals surface area contributed by atoms with E-state index in [9.17, 15) is 0 Å². The standard InChI is InChI=1S/C64H42N2S/c1-63(2)50-24-11-6-19-42(50)45-33-31-40(37-55(45)63)65(56-29-16-28-54-60(56)48-23-9-14-27-53(48)64(54)51-25-12-7-20-43(51)44-21-8-13-26-52(44)64)41-32-34-49-58(38-41)66(39-17-4-3-5-18-39)57-36-35-47-46-22-10-15-30-59(46)67-62(47)61(49)57/h3-38H,1-2H3. The van der Waals surface area contributed by atoms with E-state index in [1.165, 1.54) is 114 Å². The van der Waals surface area contributed by atoms with Gasteiger partial charge >= 0.3 is 0 Å². The van der Waals surface area contributed by atoms with E-state index in [0.29, 0.717) is 0 Å². The average molecular weight is 871 g/mol. The highest BCUT2D eigenvalue weighted by Gasteiger charge is 2.52. The summed E-state index contributed by atoms with van der Waals surface area (Å²) in [6.07, 6.45) is 0. The first kappa shape index (κ1) is 37.3. The molecule has 0 bridgehead atoms. The highest BCUT2D eigenvalue weighted by atomic mass is 32.1. The van der Waals surface area contributed by atoms with Gasteiger partial charge in [-0.05, 0) is 116 Å². The number of fused-ring (bicyclic) bond motifs is 20. The minimum absolute atomic E-state index is 0.167. The average Bonchev–Trinajstić information content (AvgIpc) is 4.14. The molecule has 3 aliphatic rings. The van der Waals surface area contributed by atoms with Crippen LogP contribution in [0.4, 0.5) is 17.1 Å². The highest BCUT2D eigenvalue weighted by molar-refractivity contribution is 7.26. The minimum Gasteiger partial charge on any atom is -0.310 e. The Morgan fingerprint density at radius 1 is 0.403 bits per heavy atom. The fourth-order valence-electron chi connectivity index (χ4n) is 12.8. The summed E-state index contributed by atoms with van der Waals surface area (Å²) in [6.45, 7) is 4.78. The van der Waals surface area contributed by atoms with E-state index in [4.69, 9.17) is 0 Å². The molecule has 0 unspecified atom stereocenters. The molecule has 2 nitrogen and oxygen atoms in total. The number of benzene rings is 10. The van der Waals surface area contributed by atoms with Crippen LogP contribution in [-0.2, 0) is 10.8 Å². The van der Waals surface area contributed by atoms with Crippen LogP contribution in [0, 0.1) is 0 Å². The Labute approximate surface area is 393 Å². The van der Waals surface area contributed by atoms with Gasteiger partial charge in [0.1, 0.15) is 0 Å². The molecule has 0 aliphatic heterocycles. The van der Waals surface area contributed by atoms with Crippen molar-refractivity contribution in [2.45, 2.75) is 24.7 Å². The Balaban J connectivity index is 1.05. The zero-order valence-corrected chi connectivity index (χ0v) is 37.9. The van der Waals surface area contributed by atoms with Crippen LogP contribution in [0.15, 0.2) is 218 Å². The Morgan fingerprint density at radius 2 is 0.970 bits per heavy atom. The number of para-hydroxylation sites is 1. The van der Waals surface area contributed by atoms with Crippen molar-refractivity contribution in [3.05, 3.63) is 252 Å². The summed E-state index contributed by atoms with van der Waals surface area (Å²) < 4.78 is 5.15. The van der Waals surface area contributed by atoms with Crippen LogP contribution in [0.2, 0.25) is 0 Å². The minimum atomic E-state index is -0.457. The Morgan fingerprint density at radius 3 is 1.73 bits per heavy atom. The molecule has 0 saturated heterocycles. The van der Waals surface area contributed by atoms with Gasteiger partial charge in [-0.2, -0.15) is 0 Å². The van der Waals surface area contributed by atoms with Crippen molar-refractivity contribution in [3.8, 4) is 39.1 Å². The van der Waals surface area contributed by atoms with Crippen molar-refractivity contribution in [1.29, 1.82) is 0 Å². The first-order valence-corrected chi connectivity index (χ1v) is 24.2. The molecule has 0 N–H and O–H groups in total. The van der Waals surface area contributed by atoms with Gasteiger partial charge in [0.05, 0.1) is 22.1 Å². The molecular formula is C64H42N2S. The van der Waals surface area contributed by atoms with Gasteiger partial charge in [-0.25, -0.2) is 0 Å². The maximum Gasteiger partial charge on any atom is 0.0726 e. The molecule has 15 rings (SSSR count). The van der Waals surface area contributed by atoms with E-state index in [1.807, 2.05) is 11.3 Å². The van der Waals surface area contributed by atoms with Crippen LogP contribution in [-0.4, -0.2) is 4.57 Å². The third kappa shape index (κ3) is 4.74. The molecule has 0 radical (unpaired) electrons. The third-order valence-electron chi connectivity index (χ3n) is 15.6. The molecule has 3 aliphatic carbocycles. The SMILES string of the molecule is CC1(C)c2ccccc2-c2ccc(N(c3ccc4c5c6sc7ccccc7c6ccc5n(-c5ccccc5)c4c3)c3cccc4c3-c3ccccc3C43c4ccccc4-c4ccccc43)cc21. The largest absolute Gasteiger partial charge is 0.310 e. The van der Waals surface area contributed by atoms with Gasteiger partial charge in [-0.15, -0.1) is 11.3 Å². The topological polar surface area (TPSA) is 8.17 Å². The molecule has 10 aromatic carbocycles. The summed E-state index contributed by atoms with van der Waals surface area (Å²) in [7, 11) is 0. The molecular weight excluding hydrogens is 829 g/mol. The van der Waals surface area contributed by atoms with Crippen LogP contribution >= 0.6 is 11.3 Å². The van der Waals surface area contributed by atoms with Crippen molar-refractivity contribution in [2.24, 2.45) is 0 Å². The molecule has 2 heterocycles. The van der Waals surface area contributed by atoms with Crippen molar-refractivity contribution in [1.82, 2.24) is 4.57 Å². The lowest BCUT2D eigenvalue weighted by Gasteiger charge is -2.32. The molecule has 2 aromatic heterocycles. The van der Waals surface area contributed by atoms with Crippen molar-refractivity contribution in [3.63, 3.8) is 0 Å². The van der Waals surface area contributed by atoms with Gasteiger partial charge in [0, 0.05) is 59.0 Å². The van der Waals surface area contributed by atoms with E-state index in [0.717, 1.165) is 17.1 Å². The lowest BCUT2D eigenvalue weighted by molar-refractivity contribution is 0.660. The second-order valence-electron chi connectivity index (χ2n) is 19.1. The third-order valence-corrected chi connectivity index (χ3v) is 16.8. The van der Waals surface area contributed by atoms with Crippen LogP contribution in [0.1, 0.15) is 47.2 Å². The summed E-state index contributed by atoms with van der Waals surface area (Å²) in [5.41, 5.74) is 22.3. The molecule has 67 heavy (non-hydrogen) atoms. The highest BCUT2D eigenvalue weighted by Crippen LogP contribution is 2.65. The van der Waals surface area contributed by atoms with E-state index in [1.54, 1.807) is 0 Å². The fraction of sp³-hybridized carbons (Fsp3) is 0.0625. The van der Waals surface area contributed by atoms with Crippen LogP contribution in [0.3, 0.4) is 0 Å². The second kappa shape index (κ2) is 13.3. The molecule has 1 spiro atoms. The zero-order chi connectivity index (χ0) is 44.2. The number of nitrogens with zero attached hydrogens (tertiary/aromatic N) is 2. The molecule has 0 amide bonds. The second-order valence-corrected chi connectivity index (χ2v) is 20.2. The summed E-state index contributed by atoms with van der Waals surface area (Å²) in [6, 6.07) is 82.4. The van der Waals surface area contributed by atoms with E-state index < -0.39 is 5.41 Å². The van der Waals surface area contributed by atoms with Gasteiger partial charge in [0.15, 0.2) is 0 Å². The number of thiophene rings is 1. The van der Waals surface area contributed by atoms with Gasteiger partial charge in [0.2, 0.25) is 0 Å². The lowest BCUT2D eigenvalue weighted by atomic mass is 9.70. The van der Waals surface area contributed by atoms with Gasteiger partial charge in [-0.1, -0.05) is 178 Å². The molecule has 12 aromatic rings. The monoisotopic (exact) mass is 870 g/mol. The van der Waals surface area contributed by atoms with Crippen molar-refractivity contribution >= 4 is 70.4 Å². The normalized spacial score (nSPS) is 14.4. The van der Waals surface area contributed by atoms with Crippen molar-refractivity contribution < 1.29 is 0 Å². The van der Waals surface area contributed by atoms with E-state index >= 15 is 0 Å². The van der Waals surface area contributed by atoms with E-state index in [2.05, 4.69) is 242 Å². The van der Waals surface area contributed by atoms with E-state index in [-0.39, 0.29) is 5.41 Å². The first-order valence-electron chi connectivity index (χ1n) is 23.4. The van der Waals surface area contributed by atoms with Crippen LogP contribution < -0.4 is 4.90 Å². The Kier molecular flexibility index (Phi) is 7.41. The number of anilines is 3. The maximum atomic E-state index is 2.57. The predicted molar refractivity (Wildman–Crippen MR) is 282 cm³/mol. The molecule has 0 saturated carbocycles. The molecule has 3 heteroatoms. The maximum absolute atomic E-state index is 2.57. The summed E-state index contributed by atoms with van der Waals surface area (Å²) in [4.78, 5) is 2.57. The quantitative estimate of drug-likeness (QED) is 0.171. The van der Waals surface area contributed by atoms with Crippen LogP contribution in [0.25, 0.3) is 81.0 Å². The van der Waals surface area contributed by atoms with Gasteiger partial charge < -0.3 is 9.47 Å². The van der Waals surface area contributed by atoms with Gasteiger partial charge in [-0.3, -0.25) is 0 Å². The summed E-state index contributed by atoms with van der Waals surface area (Å²) in [5, 5.41) is 5.20. The zero-order valence-electron chi connectivity index (χ0n) is 37.1. The van der Waals surface area contributed by atoms with Crippen LogP contribution in [0.5, 0.6) is 0 Å². The number of hydrogen-bond acceptors (Lipinski definition) is 2. The summed E-state index contributed by atoms with van der Waals surface area (Å²) in [5.74, 6) is 0. The molecule has 0 fully saturated rings. The predicted octanol–water partition coefficient (Wildman–Crippen LogP) is 17.3. The number of hydrogen-bond donors (Lipinski definition) is 0. The smallest absolute Gasteiger partial charge is 0.0726 e. The Bertz CT molecular complexity index is 4040. The first-order chi connectivity index (χ1) is 33.0. The number of aromatic nitrogens is 1.